The van der Waals surface area contributed by atoms with Gasteiger partial charge < -0.3 is 9.64 Å². The number of carbonyl (C=O) groups excluding carboxylic acids is 1. The van der Waals surface area contributed by atoms with Crippen LogP contribution >= 0.6 is 0 Å². The van der Waals surface area contributed by atoms with Gasteiger partial charge in [0.1, 0.15) is 5.82 Å². The van der Waals surface area contributed by atoms with Crippen molar-refractivity contribution < 1.29 is 22.3 Å². The molecule has 1 N–H and O–H groups in total. The summed E-state index contributed by atoms with van der Waals surface area (Å²) in [4.78, 5) is 19.6. The zero-order valence-electron chi connectivity index (χ0n) is 23.9. The first-order chi connectivity index (χ1) is 18.5. The van der Waals surface area contributed by atoms with Crippen LogP contribution in [0.1, 0.15) is 43.7 Å². The Kier molecular flexibility index (Phi) is 10.8. The number of pyridine rings is 1. The maximum atomic E-state index is 14.7. The van der Waals surface area contributed by atoms with Crippen molar-refractivity contribution in [1.82, 2.24) is 24.4 Å². The summed E-state index contributed by atoms with van der Waals surface area (Å²) in [5.41, 5.74) is 2.62. The van der Waals surface area contributed by atoms with Gasteiger partial charge in [0, 0.05) is 61.6 Å². The Morgan fingerprint density at radius 1 is 1.27 bits per heavy atom. The molecule has 1 atom stereocenters. The van der Waals surface area contributed by atoms with Crippen molar-refractivity contribution >= 4 is 51.4 Å². The number of halogens is 1. The molecule has 13 heteroatoms. The molecule has 1 fully saturated rings. The van der Waals surface area contributed by atoms with Gasteiger partial charge in [-0.1, -0.05) is 13.8 Å². The molecule has 1 saturated heterocycles. The first-order valence-corrected chi connectivity index (χ1v) is 14.3. The standard InChI is InChI=1S/C27H35FN6O4S.Na/c1-18(2)23-12-20(28)13-24(19-8-9-29-27(11-19)38-5)25(23)14-26(35)31-39(36,37)34(22-15-30-33(4)17-22)21-7-6-10-32(3)16-21;/h8-9,11-13,15,17-18,21H,6-7,10,14,16H2,1-5H3,(H,31,35);. The van der Waals surface area contributed by atoms with E-state index < -0.39 is 21.9 Å². The van der Waals surface area contributed by atoms with Crippen molar-refractivity contribution in [3.63, 3.8) is 0 Å². The number of hydrogen-bond donors (Lipinski definition) is 1. The van der Waals surface area contributed by atoms with Gasteiger partial charge in [0.15, 0.2) is 0 Å². The molecular weight excluding hydrogens is 546 g/mol. The van der Waals surface area contributed by atoms with Gasteiger partial charge in [-0.25, -0.2) is 18.4 Å². The van der Waals surface area contributed by atoms with Crippen molar-refractivity contribution in [2.45, 2.75) is 45.1 Å². The second kappa shape index (κ2) is 13.4. The number of nitrogens with zero attached hydrogens (tertiary/aromatic N) is 5. The molecule has 3 aromatic rings. The van der Waals surface area contributed by atoms with Crippen LogP contribution in [0.15, 0.2) is 42.9 Å². The molecule has 1 aromatic carbocycles. The third-order valence-corrected chi connectivity index (χ3v) is 8.35. The fourth-order valence-corrected chi connectivity index (χ4v) is 6.50. The summed E-state index contributed by atoms with van der Waals surface area (Å²) in [5.74, 6) is -0.952. The Morgan fingerprint density at radius 2 is 2.02 bits per heavy atom. The molecule has 1 aliphatic rings. The molecule has 0 bridgehead atoms. The van der Waals surface area contributed by atoms with E-state index in [2.05, 4.69) is 19.7 Å². The summed E-state index contributed by atoms with van der Waals surface area (Å²) in [6.07, 6.45) is 5.84. The van der Waals surface area contributed by atoms with E-state index in [9.17, 15) is 17.6 Å². The van der Waals surface area contributed by atoms with Gasteiger partial charge in [0.25, 0.3) is 0 Å². The number of benzene rings is 1. The quantitative estimate of drug-likeness (QED) is 0.387. The number of likely N-dealkylation sites (N-methyl/N-ethyl adjacent to an activating group) is 1. The summed E-state index contributed by atoms with van der Waals surface area (Å²) < 4.78 is 52.4. The summed E-state index contributed by atoms with van der Waals surface area (Å²) in [6.45, 7) is 5.18. The Morgan fingerprint density at radius 3 is 2.65 bits per heavy atom. The van der Waals surface area contributed by atoms with Gasteiger partial charge in [0.2, 0.25) is 11.8 Å². The molecule has 1 aliphatic heterocycles. The minimum atomic E-state index is -4.28. The number of carbonyl (C=O) groups is 1. The molecule has 10 nitrogen and oxygen atoms in total. The van der Waals surface area contributed by atoms with Crippen molar-refractivity contribution in [1.29, 1.82) is 0 Å². The number of hydrogen-bond acceptors (Lipinski definition) is 7. The van der Waals surface area contributed by atoms with E-state index in [1.54, 1.807) is 25.4 Å². The molecule has 4 rings (SSSR count). The van der Waals surface area contributed by atoms with Gasteiger partial charge >= 0.3 is 10.2 Å². The third-order valence-electron chi connectivity index (χ3n) is 6.84. The van der Waals surface area contributed by atoms with Crippen LogP contribution in [-0.2, 0) is 28.5 Å². The average Bonchev–Trinajstić information content (AvgIpc) is 3.29. The first-order valence-electron chi connectivity index (χ1n) is 12.8. The maximum absolute atomic E-state index is 14.7. The van der Waals surface area contributed by atoms with Crippen LogP contribution < -0.4 is 13.8 Å². The summed E-state index contributed by atoms with van der Waals surface area (Å²) in [6, 6.07) is 5.72. The molecule has 0 spiro atoms. The van der Waals surface area contributed by atoms with E-state index in [1.807, 2.05) is 20.9 Å². The molecule has 0 aliphatic carbocycles. The zero-order valence-corrected chi connectivity index (χ0v) is 26.7. The predicted octanol–water partition coefficient (Wildman–Crippen LogP) is 2.88. The topological polar surface area (TPSA) is 110 Å². The molecule has 1 radical (unpaired) electrons. The van der Waals surface area contributed by atoms with Crippen molar-refractivity contribution in [2.75, 3.05) is 31.6 Å². The van der Waals surface area contributed by atoms with Crippen molar-refractivity contribution in [3.05, 3.63) is 59.8 Å². The Labute approximate surface area is 257 Å². The van der Waals surface area contributed by atoms with Crippen LogP contribution in [0.2, 0.25) is 0 Å². The minimum Gasteiger partial charge on any atom is -0.481 e. The fourth-order valence-electron chi connectivity index (χ4n) is 5.10. The summed E-state index contributed by atoms with van der Waals surface area (Å²) in [5, 5.41) is 4.14. The largest absolute Gasteiger partial charge is 0.481 e. The summed E-state index contributed by atoms with van der Waals surface area (Å²) >= 11 is 0. The molecule has 1 amide bonds. The average molecular weight is 582 g/mol. The molecule has 40 heavy (non-hydrogen) atoms. The van der Waals surface area contributed by atoms with Crippen LogP contribution in [0, 0.1) is 5.82 Å². The molecule has 0 saturated carbocycles. The van der Waals surface area contributed by atoms with E-state index in [4.69, 9.17) is 4.74 Å². The number of ether oxygens (including phenoxy) is 1. The van der Waals surface area contributed by atoms with E-state index >= 15 is 0 Å². The van der Waals surface area contributed by atoms with Gasteiger partial charge in [-0.2, -0.15) is 13.5 Å². The number of aromatic nitrogens is 3. The van der Waals surface area contributed by atoms with Crippen LogP contribution in [0.25, 0.3) is 11.1 Å². The Balaban J connectivity index is 0.00000441. The molecule has 211 valence electrons. The van der Waals surface area contributed by atoms with E-state index in [-0.39, 0.29) is 47.9 Å². The van der Waals surface area contributed by atoms with Gasteiger partial charge in [-0.05, 0) is 72.8 Å². The number of likely N-dealkylation sites (tertiary alicyclic amines) is 1. The number of anilines is 1. The monoisotopic (exact) mass is 581 g/mol. The smallest absolute Gasteiger partial charge is 0.326 e. The van der Waals surface area contributed by atoms with E-state index in [1.165, 1.54) is 40.6 Å². The van der Waals surface area contributed by atoms with E-state index in [0.717, 1.165) is 13.0 Å². The predicted molar refractivity (Wildman–Crippen MR) is 153 cm³/mol. The van der Waals surface area contributed by atoms with Gasteiger partial charge in [-0.3, -0.25) is 9.48 Å². The first kappa shape index (κ1) is 32.0. The second-order valence-electron chi connectivity index (χ2n) is 10.2. The normalized spacial score (nSPS) is 15.9. The number of rotatable bonds is 9. The van der Waals surface area contributed by atoms with Crippen LogP contribution in [0.3, 0.4) is 0 Å². The number of aryl methyl sites for hydroxylation is 1. The van der Waals surface area contributed by atoms with Crippen molar-refractivity contribution in [3.8, 4) is 17.0 Å². The Hall–Kier alpha value is -2.51. The molecule has 2 aromatic heterocycles. The van der Waals surface area contributed by atoms with Crippen molar-refractivity contribution in [2.24, 2.45) is 7.05 Å². The number of nitrogens with one attached hydrogen (secondary N) is 1. The number of piperidine rings is 1. The van der Waals surface area contributed by atoms with Crippen LogP contribution in [0.4, 0.5) is 10.1 Å². The minimum absolute atomic E-state index is 0. The molecule has 1 unspecified atom stereocenters. The van der Waals surface area contributed by atoms with Gasteiger partial charge in [0.05, 0.1) is 31.5 Å². The number of methoxy groups -OCH3 is 1. The Bertz CT molecular complexity index is 1450. The maximum Gasteiger partial charge on any atom is 0.326 e. The third kappa shape index (κ3) is 7.41. The number of amides is 1. The SMILES string of the molecule is COc1cc(-c2cc(F)cc(C(C)C)c2CC(=O)NS(=O)(=O)N(c2cnn(C)c2)C2CCCN(C)C2)ccn1.[Na]. The fraction of sp³-hybridized carbons (Fsp3) is 0.444. The van der Waals surface area contributed by atoms with Crippen LogP contribution in [-0.4, -0.2) is 96.8 Å². The zero-order chi connectivity index (χ0) is 28.3. The second-order valence-corrected chi connectivity index (χ2v) is 11.7. The molecule has 3 heterocycles. The van der Waals surface area contributed by atoms with Crippen LogP contribution in [0.5, 0.6) is 5.88 Å². The molecular formula is C27H35FN6NaO4S. The van der Waals surface area contributed by atoms with E-state index in [0.29, 0.717) is 46.8 Å². The van der Waals surface area contributed by atoms with Gasteiger partial charge in [-0.15, -0.1) is 0 Å². The summed E-state index contributed by atoms with van der Waals surface area (Å²) in [7, 11) is 0.843.